The van der Waals surface area contributed by atoms with Gasteiger partial charge in [0, 0.05) is 38.5 Å². The van der Waals surface area contributed by atoms with E-state index in [0.717, 1.165) is 44.4 Å². The van der Waals surface area contributed by atoms with Crippen molar-refractivity contribution in [3.05, 3.63) is 198 Å². The predicted octanol–water partition coefficient (Wildman–Crippen LogP) is 15.0. The molecule has 1 aromatic heterocycles. The molecule has 0 saturated heterocycles. The Bertz CT molecular complexity index is 3010. The molecule has 0 unspecified atom stereocenters. The largest absolute Gasteiger partial charge is 0.456 e. The number of benzene rings is 8. The number of nitrogens with zero attached hydrogens (tertiary/aromatic N) is 1. The first-order chi connectivity index (χ1) is 27.3. The molecule has 0 fully saturated rings. The third-order valence-corrected chi connectivity index (χ3v) is 12.7. The number of furan rings is 1. The van der Waals surface area contributed by atoms with Crippen molar-refractivity contribution in [2.24, 2.45) is 0 Å². The number of fused-ring (bicyclic) bond motifs is 9. The van der Waals surface area contributed by atoms with Crippen LogP contribution in [0.15, 0.2) is 180 Å². The Hall–Kier alpha value is -6.64. The average molecular weight is 720 g/mol. The van der Waals surface area contributed by atoms with E-state index >= 15 is 0 Å². The van der Waals surface area contributed by atoms with Crippen molar-refractivity contribution in [3.8, 4) is 44.5 Å². The summed E-state index contributed by atoms with van der Waals surface area (Å²) < 4.78 is 6.27. The lowest BCUT2D eigenvalue weighted by molar-refractivity contribution is 0.660. The summed E-state index contributed by atoms with van der Waals surface area (Å²) in [7, 11) is 0. The number of para-hydroxylation sites is 1. The van der Waals surface area contributed by atoms with Crippen LogP contribution in [0.4, 0.5) is 17.1 Å². The molecular weight excluding hydrogens is 679 g/mol. The van der Waals surface area contributed by atoms with E-state index in [4.69, 9.17) is 4.42 Å². The van der Waals surface area contributed by atoms with Crippen LogP contribution < -0.4 is 4.90 Å². The van der Waals surface area contributed by atoms with Crippen LogP contribution in [0.25, 0.3) is 66.4 Å². The van der Waals surface area contributed by atoms with Gasteiger partial charge in [0.2, 0.25) is 0 Å². The first kappa shape index (κ1) is 32.8. The van der Waals surface area contributed by atoms with Crippen LogP contribution in [0, 0.1) is 0 Å². The summed E-state index contributed by atoms with van der Waals surface area (Å²) in [5.74, 6) is 0. The zero-order valence-corrected chi connectivity index (χ0v) is 32.1. The van der Waals surface area contributed by atoms with E-state index in [1.165, 1.54) is 61.3 Å². The van der Waals surface area contributed by atoms with E-state index in [0.29, 0.717) is 0 Å². The normalized spacial score (nSPS) is 14.4. The molecular formula is C54H41NO. The van der Waals surface area contributed by atoms with Gasteiger partial charge in [-0.05, 0) is 110 Å². The Kier molecular flexibility index (Phi) is 6.98. The van der Waals surface area contributed by atoms with E-state index in [9.17, 15) is 0 Å². The van der Waals surface area contributed by atoms with E-state index in [1.54, 1.807) is 0 Å². The molecule has 0 saturated carbocycles. The Labute approximate surface area is 328 Å². The molecule has 56 heavy (non-hydrogen) atoms. The molecule has 0 N–H and O–H groups in total. The second-order valence-corrected chi connectivity index (χ2v) is 16.5. The lowest BCUT2D eigenvalue weighted by atomic mass is 9.82. The van der Waals surface area contributed by atoms with Crippen LogP contribution >= 0.6 is 0 Å². The van der Waals surface area contributed by atoms with Gasteiger partial charge in [0.15, 0.2) is 0 Å². The summed E-state index contributed by atoms with van der Waals surface area (Å²) in [6.45, 7) is 9.41. The van der Waals surface area contributed by atoms with Gasteiger partial charge in [-0.3, -0.25) is 0 Å². The summed E-state index contributed by atoms with van der Waals surface area (Å²) in [5.41, 5.74) is 20.7. The van der Waals surface area contributed by atoms with Crippen molar-refractivity contribution in [3.63, 3.8) is 0 Å². The minimum absolute atomic E-state index is 0.0413. The molecule has 0 aliphatic heterocycles. The molecule has 0 bridgehead atoms. The van der Waals surface area contributed by atoms with Crippen LogP contribution in [0.3, 0.4) is 0 Å². The Morgan fingerprint density at radius 1 is 0.375 bits per heavy atom. The fraction of sp³-hybridized carbons (Fsp3) is 0.111. The first-order valence-corrected chi connectivity index (χ1v) is 19.7. The number of hydrogen-bond acceptors (Lipinski definition) is 2. The molecule has 268 valence electrons. The minimum atomic E-state index is -0.103. The maximum atomic E-state index is 6.27. The molecule has 11 rings (SSSR count). The highest BCUT2D eigenvalue weighted by molar-refractivity contribution is 6.06. The fourth-order valence-corrected chi connectivity index (χ4v) is 9.84. The van der Waals surface area contributed by atoms with Gasteiger partial charge in [-0.1, -0.05) is 155 Å². The summed E-state index contributed by atoms with van der Waals surface area (Å²) in [5, 5.41) is 2.29. The maximum absolute atomic E-state index is 6.27. The van der Waals surface area contributed by atoms with Crippen molar-refractivity contribution < 1.29 is 4.42 Å². The smallest absolute Gasteiger partial charge is 0.136 e. The minimum Gasteiger partial charge on any atom is -0.456 e. The molecule has 0 atom stereocenters. The average Bonchev–Trinajstić information content (AvgIpc) is 3.81. The van der Waals surface area contributed by atoms with Gasteiger partial charge in [-0.25, -0.2) is 0 Å². The Morgan fingerprint density at radius 2 is 0.875 bits per heavy atom. The van der Waals surface area contributed by atoms with Crippen LogP contribution in [0.5, 0.6) is 0 Å². The van der Waals surface area contributed by atoms with E-state index in [-0.39, 0.29) is 10.8 Å². The number of hydrogen-bond donors (Lipinski definition) is 0. The quantitative estimate of drug-likeness (QED) is 0.176. The topological polar surface area (TPSA) is 16.4 Å². The number of anilines is 3. The molecule has 1 heterocycles. The first-order valence-electron chi connectivity index (χ1n) is 19.7. The molecule has 0 radical (unpaired) electrons. The summed E-state index contributed by atoms with van der Waals surface area (Å²) >= 11 is 0. The number of rotatable bonds is 5. The van der Waals surface area contributed by atoms with E-state index < -0.39 is 0 Å². The highest BCUT2D eigenvalue weighted by Gasteiger charge is 2.38. The van der Waals surface area contributed by atoms with Crippen LogP contribution in [0.1, 0.15) is 49.9 Å². The van der Waals surface area contributed by atoms with Gasteiger partial charge in [0.05, 0.1) is 5.69 Å². The molecule has 2 nitrogen and oxygen atoms in total. The third-order valence-electron chi connectivity index (χ3n) is 12.7. The van der Waals surface area contributed by atoms with Crippen molar-refractivity contribution in [1.29, 1.82) is 0 Å². The Balaban J connectivity index is 1.05. The SMILES string of the molecule is CC1(C)c2ccccc2-c2c(-c3ccc(N(c4ccc(-c5ccc6c(c5)oc5ccccc56)cc4)c4cccc5c4-c4ccccc4C5(C)C)cc3)cccc21. The highest BCUT2D eigenvalue weighted by Crippen LogP contribution is 2.55. The molecule has 0 amide bonds. The lowest BCUT2D eigenvalue weighted by Gasteiger charge is -2.29. The molecule has 9 aromatic rings. The van der Waals surface area contributed by atoms with Gasteiger partial charge >= 0.3 is 0 Å². The summed E-state index contributed by atoms with van der Waals surface area (Å²) in [4.78, 5) is 2.45. The van der Waals surface area contributed by atoms with Crippen LogP contribution in [-0.4, -0.2) is 0 Å². The monoisotopic (exact) mass is 719 g/mol. The second-order valence-electron chi connectivity index (χ2n) is 16.5. The van der Waals surface area contributed by atoms with Crippen LogP contribution in [0.2, 0.25) is 0 Å². The molecule has 2 heteroatoms. The van der Waals surface area contributed by atoms with Crippen molar-refractivity contribution in [1.82, 2.24) is 0 Å². The molecule has 2 aliphatic rings. The van der Waals surface area contributed by atoms with Gasteiger partial charge in [0.1, 0.15) is 11.2 Å². The van der Waals surface area contributed by atoms with Gasteiger partial charge in [-0.15, -0.1) is 0 Å². The highest BCUT2D eigenvalue weighted by atomic mass is 16.3. The standard InChI is InChI=1S/C54H41NO/c1-53(2)44-17-8-5-14-42(44)51-39(16-11-19-46(51)53)35-25-30-38(31-26-35)55(48-21-12-20-47-52(48)43-15-6-9-18-45(43)54(47,3)4)37-28-23-34(24-29-37)36-27-32-41-40-13-7-10-22-49(40)56-50(41)33-36/h5-33H,1-4H3. The summed E-state index contributed by atoms with van der Waals surface area (Å²) in [6.07, 6.45) is 0. The van der Waals surface area contributed by atoms with Gasteiger partial charge in [0.25, 0.3) is 0 Å². The van der Waals surface area contributed by atoms with Crippen molar-refractivity contribution in [2.75, 3.05) is 4.90 Å². The lowest BCUT2D eigenvalue weighted by Crippen LogP contribution is -2.16. The van der Waals surface area contributed by atoms with Gasteiger partial charge in [-0.2, -0.15) is 0 Å². The van der Waals surface area contributed by atoms with Gasteiger partial charge < -0.3 is 9.32 Å². The zero-order valence-electron chi connectivity index (χ0n) is 32.1. The molecule has 2 aliphatic carbocycles. The predicted molar refractivity (Wildman–Crippen MR) is 234 cm³/mol. The van der Waals surface area contributed by atoms with Crippen LogP contribution in [-0.2, 0) is 10.8 Å². The second kappa shape index (κ2) is 11.9. The molecule has 8 aromatic carbocycles. The fourth-order valence-electron chi connectivity index (χ4n) is 9.84. The Morgan fingerprint density at radius 3 is 1.57 bits per heavy atom. The van der Waals surface area contributed by atoms with E-state index in [2.05, 4.69) is 196 Å². The van der Waals surface area contributed by atoms with E-state index in [1.807, 2.05) is 12.1 Å². The maximum Gasteiger partial charge on any atom is 0.136 e. The third kappa shape index (κ3) is 4.69. The molecule has 0 spiro atoms. The van der Waals surface area contributed by atoms with Crippen molar-refractivity contribution >= 4 is 39.0 Å². The zero-order chi connectivity index (χ0) is 37.8. The summed E-state index contributed by atoms with van der Waals surface area (Å²) in [6, 6.07) is 64.6. The van der Waals surface area contributed by atoms with Crippen molar-refractivity contribution in [2.45, 2.75) is 38.5 Å².